The fourth-order valence-electron chi connectivity index (χ4n) is 2.35. The number of carbonyl (C=O) groups is 1. The third-order valence-electron chi connectivity index (χ3n) is 3.28. The first-order valence-corrected chi connectivity index (χ1v) is 6.46. The number of carboxylic acid groups (broad SMARTS) is 1. The molecular weight excluding hydrogens is 285 g/mol. The second-order valence-electron chi connectivity index (χ2n) is 4.52. The fourth-order valence-corrected chi connectivity index (χ4v) is 2.52. The van der Waals surface area contributed by atoms with Crippen LogP contribution in [-0.4, -0.2) is 27.4 Å². The van der Waals surface area contributed by atoms with Gasteiger partial charge in [-0.25, -0.2) is 13.9 Å². The van der Waals surface area contributed by atoms with Crippen LogP contribution < -0.4 is 5.32 Å². The summed E-state index contributed by atoms with van der Waals surface area (Å²) in [5, 5.41) is 16.4. The number of rotatable bonds is 2. The van der Waals surface area contributed by atoms with Gasteiger partial charge in [0.2, 0.25) is 0 Å². The molecule has 3 rings (SSSR count). The standard InChI is InChI=1S/C13H11ClFN3O2/c14-9-5-7(1-2-10(9)15)18-11-3-4-16-6-8(11)12(17-18)13(19)20/h1-2,5,16H,3-4,6H2,(H,19,20). The minimum absolute atomic E-state index is 0.0161. The van der Waals surface area contributed by atoms with E-state index >= 15 is 0 Å². The molecule has 0 atom stereocenters. The predicted molar refractivity (Wildman–Crippen MR) is 70.9 cm³/mol. The summed E-state index contributed by atoms with van der Waals surface area (Å²) in [5.74, 6) is -1.59. The van der Waals surface area contributed by atoms with Crippen LogP contribution in [0.1, 0.15) is 21.7 Å². The number of aromatic carboxylic acids is 1. The van der Waals surface area contributed by atoms with Crippen LogP contribution in [0.15, 0.2) is 18.2 Å². The predicted octanol–water partition coefficient (Wildman–Crippen LogP) is 2.01. The number of benzene rings is 1. The summed E-state index contributed by atoms with van der Waals surface area (Å²) >= 11 is 5.77. The van der Waals surface area contributed by atoms with Gasteiger partial charge >= 0.3 is 5.97 Å². The van der Waals surface area contributed by atoms with Gasteiger partial charge < -0.3 is 10.4 Å². The molecule has 0 amide bonds. The first-order valence-electron chi connectivity index (χ1n) is 6.08. The second kappa shape index (κ2) is 4.88. The molecule has 0 fully saturated rings. The molecule has 0 radical (unpaired) electrons. The van der Waals surface area contributed by atoms with E-state index in [0.29, 0.717) is 24.2 Å². The van der Waals surface area contributed by atoms with E-state index in [0.717, 1.165) is 12.2 Å². The van der Waals surface area contributed by atoms with Gasteiger partial charge in [0.25, 0.3) is 0 Å². The van der Waals surface area contributed by atoms with Crippen LogP contribution in [0.5, 0.6) is 0 Å². The highest BCUT2D eigenvalue weighted by Gasteiger charge is 2.25. The molecule has 0 aliphatic carbocycles. The Balaban J connectivity index is 2.18. The number of nitrogens with one attached hydrogen (secondary N) is 1. The number of aromatic nitrogens is 2. The van der Waals surface area contributed by atoms with Gasteiger partial charge in [-0.1, -0.05) is 11.6 Å². The van der Waals surface area contributed by atoms with Crippen LogP contribution in [0.3, 0.4) is 0 Å². The van der Waals surface area contributed by atoms with E-state index < -0.39 is 11.8 Å². The van der Waals surface area contributed by atoms with Crippen molar-refractivity contribution in [3.8, 4) is 5.69 Å². The van der Waals surface area contributed by atoms with Crippen LogP contribution >= 0.6 is 11.6 Å². The van der Waals surface area contributed by atoms with Crippen molar-refractivity contribution >= 4 is 17.6 Å². The molecule has 0 bridgehead atoms. The molecule has 1 aliphatic heterocycles. The number of carboxylic acids is 1. The average Bonchev–Trinajstić information content (AvgIpc) is 2.82. The van der Waals surface area contributed by atoms with Gasteiger partial charge in [-0.15, -0.1) is 0 Å². The lowest BCUT2D eigenvalue weighted by Crippen LogP contribution is -2.25. The lowest BCUT2D eigenvalue weighted by Gasteiger charge is -2.15. The van der Waals surface area contributed by atoms with Gasteiger partial charge in [-0.3, -0.25) is 0 Å². The van der Waals surface area contributed by atoms with Gasteiger partial charge in [0.1, 0.15) is 5.82 Å². The van der Waals surface area contributed by atoms with Gasteiger partial charge in [0, 0.05) is 25.1 Å². The molecule has 1 aliphatic rings. The molecule has 104 valence electrons. The second-order valence-corrected chi connectivity index (χ2v) is 4.92. The van der Waals surface area contributed by atoms with E-state index in [4.69, 9.17) is 11.6 Å². The Hall–Kier alpha value is -1.92. The third-order valence-corrected chi connectivity index (χ3v) is 3.57. The molecule has 7 heteroatoms. The molecule has 5 nitrogen and oxygen atoms in total. The first-order chi connectivity index (χ1) is 9.58. The zero-order chi connectivity index (χ0) is 14.3. The lowest BCUT2D eigenvalue weighted by molar-refractivity contribution is 0.0688. The van der Waals surface area contributed by atoms with E-state index in [1.54, 1.807) is 0 Å². The normalized spacial score (nSPS) is 14.1. The first kappa shape index (κ1) is 13.1. The highest BCUT2D eigenvalue weighted by Crippen LogP contribution is 2.24. The van der Waals surface area contributed by atoms with E-state index in [-0.39, 0.29) is 10.7 Å². The minimum atomic E-state index is -1.07. The van der Waals surface area contributed by atoms with E-state index in [2.05, 4.69) is 10.4 Å². The molecule has 1 aromatic carbocycles. The zero-order valence-corrected chi connectivity index (χ0v) is 11.1. The minimum Gasteiger partial charge on any atom is -0.476 e. The maximum atomic E-state index is 13.2. The third kappa shape index (κ3) is 2.07. The summed E-state index contributed by atoms with van der Waals surface area (Å²) in [6, 6.07) is 4.22. The van der Waals surface area contributed by atoms with Crippen molar-refractivity contribution in [2.75, 3.05) is 6.54 Å². The van der Waals surface area contributed by atoms with Crippen LogP contribution in [0.25, 0.3) is 5.69 Å². The number of nitrogens with zero attached hydrogens (tertiary/aromatic N) is 2. The Bertz CT molecular complexity index is 699. The van der Waals surface area contributed by atoms with Crippen molar-refractivity contribution in [2.24, 2.45) is 0 Å². The zero-order valence-electron chi connectivity index (χ0n) is 10.4. The molecule has 0 spiro atoms. The smallest absolute Gasteiger partial charge is 0.356 e. The van der Waals surface area contributed by atoms with Crippen molar-refractivity contribution < 1.29 is 14.3 Å². The summed E-state index contributed by atoms with van der Waals surface area (Å²) in [5.41, 5.74) is 2.07. The van der Waals surface area contributed by atoms with Gasteiger partial charge in [-0.2, -0.15) is 5.10 Å². The van der Waals surface area contributed by atoms with Gasteiger partial charge in [-0.05, 0) is 18.2 Å². The topological polar surface area (TPSA) is 67.1 Å². The van der Waals surface area contributed by atoms with Crippen LogP contribution in [0.2, 0.25) is 5.02 Å². The van der Waals surface area contributed by atoms with Crippen LogP contribution in [0.4, 0.5) is 4.39 Å². The summed E-state index contributed by atoms with van der Waals surface area (Å²) < 4.78 is 14.8. The lowest BCUT2D eigenvalue weighted by atomic mass is 10.1. The van der Waals surface area contributed by atoms with Gasteiger partial charge in [0.15, 0.2) is 5.69 Å². The molecule has 2 N–H and O–H groups in total. The highest BCUT2D eigenvalue weighted by molar-refractivity contribution is 6.30. The molecule has 0 saturated heterocycles. The molecule has 2 aromatic rings. The number of fused-ring (bicyclic) bond motifs is 1. The van der Waals surface area contributed by atoms with Crippen molar-refractivity contribution in [3.05, 3.63) is 46.0 Å². The Kier molecular flexibility index (Phi) is 3.19. The Morgan fingerprint density at radius 2 is 2.30 bits per heavy atom. The van der Waals surface area contributed by atoms with Gasteiger partial charge in [0.05, 0.1) is 16.4 Å². The SMILES string of the molecule is O=C(O)c1nn(-c2ccc(F)c(Cl)c2)c2c1CNCC2. The molecule has 20 heavy (non-hydrogen) atoms. The quantitative estimate of drug-likeness (QED) is 0.889. The Morgan fingerprint density at radius 3 is 3.00 bits per heavy atom. The largest absolute Gasteiger partial charge is 0.476 e. The summed E-state index contributed by atoms with van der Waals surface area (Å²) in [4.78, 5) is 11.2. The van der Waals surface area contributed by atoms with E-state index in [1.165, 1.54) is 22.9 Å². The molecule has 2 heterocycles. The Morgan fingerprint density at radius 1 is 1.50 bits per heavy atom. The number of hydrogen-bond donors (Lipinski definition) is 2. The van der Waals surface area contributed by atoms with Crippen molar-refractivity contribution in [3.63, 3.8) is 0 Å². The maximum Gasteiger partial charge on any atom is 0.356 e. The monoisotopic (exact) mass is 295 g/mol. The molecular formula is C13H11ClFN3O2. The maximum absolute atomic E-state index is 13.2. The highest BCUT2D eigenvalue weighted by atomic mass is 35.5. The van der Waals surface area contributed by atoms with Crippen molar-refractivity contribution in [1.82, 2.24) is 15.1 Å². The van der Waals surface area contributed by atoms with Crippen LogP contribution in [0, 0.1) is 5.82 Å². The summed E-state index contributed by atoms with van der Waals surface area (Å²) in [6.07, 6.45) is 0.657. The summed E-state index contributed by atoms with van der Waals surface area (Å²) in [7, 11) is 0. The summed E-state index contributed by atoms with van der Waals surface area (Å²) in [6.45, 7) is 1.21. The van der Waals surface area contributed by atoms with Crippen molar-refractivity contribution in [1.29, 1.82) is 0 Å². The molecule has 1 aromatic heterocycles. The van der Waals surface area contributed by atoms with E-state index in [1.807, 2.05) is 0 Å². The van der Waals surface area contributed by atoms with Crippen molar-refractivity contribution in [2.45, 2.75) is 13.0 Å². The molecule has 0 saturated carbocycles. The van der Waals surface area contributed by atoms with Crippen LogP contribution in [-0.2, 0) is 13.0 Å². The average molecular weight is 296 g/mol. The van der Waals surface area contributed by atoms with E-state index in [9.17, 15) is 14.3 Å². The number of hydrogen-bond acceptors (Lipinski definition) is 3. The fraction of sp³-hybridized carbons (Fsp3) is 0.231. The molecule has 0 unspecified atom stereocenters. The number of halogens is 2. The Labute approximate surface area is 119 Å².